The maximum atomic E-state index is 16.4. The third kappa shape index (κ3) is 9.71. The number of phenols is 2. The van der Waals surface area contributed by atoms with E-state index in [4.69, 9.17) is 14.4 Å². The molecule has 0 spiro atoms. The van der Waals surface area contributed by atoms with Crippen molar-refractivity contribution in [3.8, 4) is 89.9 Å². The average Bonchev–Trinajstić information content (AvgIpc) is 3.70. The number of para-hydroxylation sites is 1. The summed E-state index contributed by atoms with van der Waals surface area (Å²) in [5, 5.41) is 25.2. The molecular formula is C64H57FN2O3Pt. The van der Waals surface area contributed by atoms with Crippen molar-refractivity contribution in [3.63, 3.8) is 0 Å². The number of rotatable bonds is 7. The van der Waals surface area contributed by atoms with Crippen molar-refractivity contribution in [2.24, 2.45) is 0 Å². The van der Waals surface area contributed by atoms with E-state index in [0.29, 0.717) is 33.7 Å². The Balaban J connectivity index is 0.00000624. The van der Waals surface area contributed by atoms with E-state index in [2.05, 4.69) is 117 Å². The van der Waals surface area contributed by atoms with E-state index in [1.807, 2.05) is 91.0 Å². The quantitative estimate of drug-likeness (QED) is 0.166. The van der Waals surface area contributed by atoms with Crippen molar-refractivity contribution < 1.29 is 40.1 Å². The smallest absolute Gasteiger partial charge is 0.136 e. The SMILES string of the molecule is CC(C)(C)c1cc(-c2cc(-c3cc(F)cc(-c4cc(-c5c(-c6ccccc6)cc(C(C)(C)C)cc5-c5ccccc5)ccc4O)n3)nc(-c3cc4oc5ccccc5c4cc3O)c2)cc(C(C)(C)C)c1.[Pt]. The Morgan fingerprint density at radius 1 is 0.380 bits per heavy atom. The number of nitrogens with zero attached hydrogens (tertiary/aromatic N) is 2. The van der Waals surface area contributed by atoms with Gasteiger partial charge >= 0.3 is 0 Å². The number of phenolic OH excluding ortho intramolecular Hbond substituents is 2. The first-order chi connectivity index (χ1) is 33.3. The van der Waals surface area contributed by atoms with Crippen LogP contribution in [-0.4, -0.2) is 20.2 Å². The van der Waals surface area contributed by atoms with Crippen LogP contribution in [0.15, 0.2) is 174 Å². The Labute approximate surface area is 430 Å². The van der Waals surface area contributed by atoms with Crippen molar-refractivity contribution >= 4 is 21.9 Å². The fourth-order valence-electron chi connectivity index (χ4n) is 9.33. The number of benzene rings is 7. The average molecular weight is 1120 g/mol. The molecule has 0 radical (unpaired) electrons. The number of pyridine rings is 2. The van der Waals surface area contributed by atoms with Crippen LogP contribution in [-0.2, 0) is 37.3 Å². The molecule has 0 amide bonds. The van der Waals surface area contributed by atoms with Crippen molar-refractivity contribution in [2.75, 3.05) is 0 Å². The fraction of sp³-hybridized carbons (Fsp3) is 0.188. The molecule has 0 saturated heterocycles. The first-order valence-corrected chi connectivity index (χ1v) is 23.9. The third-order valence-electron chi connectivity index (χ3n) is 13.4. The van der Waals surface area contributed by atoms with Crippen LogP contribution in [0.5, 0.6) is 11.5 Å². The van der Waals surface area contributed by atoms with Gasteiger partial charge in [0.2, 0.25) is 0 Å². The summed E-state index contributed by atoms with van der Waals surface area (Å²) in [6.45, 7) is 19.9. The number of fused-ring (bicyclic) bond motifs is 3. The van der Waals surface area contributed by atoms with Crippen molar-refractivity contribution in [3.05, 3.63) is 192 Å². The van der Waals surface area contributed by atoms with Crippen LogP contribution < -0.4 is 0 Å². The summed E-state index contributed by atoms with van der Waals surface area (Å²) in [5.41, 5.74) is 14.3. The van der Waals surface area contributed by atoms with Gasteiger partial charge in [0, 0.05) is 55.1 Å². The molecule has 2 N–H and O–H groups in total. The topological polar surface area (TPSA) is 79.4 Å². The molecule has 0 unspecified atom stereocenters. The monoisotopic (exact) mass is 1120 g/mol. The molecule has 358 valence electrons. The zero-order chi connectivity index (χ0) is 49.3. The first kappa shape index (κ1) is 48.9. The van der Waals surface area contributed by atoms with E-state index >= 15 is 4.39 Å². The van der Waals surface area contributed by atoms with E-state index in [9.17, 15) is 10.2 Å². The standard InChI is InChI=1S/C64H57FN2O3.Pt/c1-62(2,3)43-26-41(27-44(31-43)63(4,5)6)42-29-53(52-37-60-50(36-58(52)69)47-22-16-17-23-59(47)70-60)66-55(30-42)56-35-46(65)34-54(67-56)51-28-40(24-25-57(51)68)61-48(38-18-12-10-13-19-38)32-45(64(7,8)9)33-49(61)39-20-14-11-15-21-39;/h10-37,68-69H,1-9H3;. The number of aromatic nitrogens is 2. The Hall–Kier alpha value is -7.14. The fourth-order valence-corrected chi connectivity index (χ4v) is 9.33. The molecule has 7 heteroatoms. The summed E-state index contributed by atoms with van der Waals surface area (Å²) in [6, 6.07) is 55.3. The molecule has 0 aliphatic carbocycles. The van der Waals surface area contributed by atoms with Gasteiger partial charge in [-0.25, -0.2) is 14.4 Å². The van der Waals surface area contributed by atoms with Gasteiger partial charge in [-0.15, -0.1) is 0 Å². The maximum absolute atomic E-state index is 16.4. The van der Waals surface area contributed by atoms with Crippen molar-refractivity contribution in [1.82, 2.24) is 9.97 Å². The molecule has 10 aromatic rings. The Bertz CT molecular complexity index is 3540. The van der Waals surface area contributed by atoms with Crippen LogP contribution in [0.3, 0.4) is 0 Å². The molecule has 3 heterocycles. The molecular weight excluding hydrogens is 1060 g/mol. The molecule has 0 atom stereocenters. The summed E-state index contributed by atoms with van der Waals surface area (Å²) >= 11 is 0. The molecule has 0 saturated carbocycles. The van der Waals surface area contributed by atoms with Crippen LogP contribution in [0.1, 0.15) is 79.0 Å². The minimum atomic E-state index is -0.542. The number of hydrogen-bond acceptors (Lipinski definition) is 5. The molecule has 7 aromatic carbocycles. The van der Waals surface area contributed by atoms with Gasteiger partial charge in [0.05, 0.1) is 22.8 Å². The van der Waals surface area contributed by atoms with E-state index in [0.717, 1.165) is 55.3 Å². The second-order valence-corrected chi connectivity index (χ2v) is 21.6. The van der Waals surface area contributed by atoms with E-state index in [1.54, 1.807) is 12.1 Å². The number of hydrogen-bond donors (Lipinski definition) is 2. The predicted octanol–water partition coefficient (Wildman–Crippen LogP) is 17.5. The summed E-state index contributed by atoms with van der Waals surface area (Å²) in [5.74, 6) is -0.551. The van der Waals surface area contributed by atoms with Crippen LogP contribution in [0, 0.1) is 5.82 Å². The van der Waals surface area contributed by atoms with E-state index < -0.39 is 5.82 Å². The predicted molar refractivity (Wildman–Crippen MR) is 287 cm³/mol. The van der Waals surface area contributed by atoms with Crippen LogP contribution in [0.2, 0.25) is 0 Å². The molecule has 0 aliphatic rings. The summed E-state index contributed by atoms with van der Waals surface area (Å²) < 4.78 is 22.7. The second kappa shape index (κ2) is 18.6. The Kier molecular flexibility index (Phi) is 12.8. The second-order valence-electron chi connectivity index (χ2n) is 21.6. The minimum absolute atomic E-state index is 0. The van der Waals surface area contributed by atoms with Crippen LogP contribution >= 0.6 is 0 Å². The summed E-state index contributed by atoms with van der Waals surface area (Å²) in [6.07, 6.45) is 0. The molecule has 0 bridgehead atoms. The van der Waals surface area contributed by atoms with Crippen molar-refractivity contribution in [1.29, 1.82) is 0 Å². The summed E-state index contributed by atoms with van der Waals surface area (Å²) in [4.78, 5) is 10.3. The molecule has 0 fully saturated rings. The van der Waals surface area contributed by atoms with Gasteiger partial charge in [-0.1, -0.05) is 165 Å². The minimum Gasteiger partial charge on any atom is -0.507 e. The zero-order valence-electron chi connectivity index (χ0n) is 41.6. The molecule has 3 aromatic heterocycles. The van der Waals surface area contributed by atoms with Gasteiger partial charge in [-0.05, 0) is 132 Å². The van der Waals surface area contributed by atoms with Crippen LogP contribution in [0.4, 0.5) is 4.39 Å². The Morgan fingerprint density at radius 3 is 1.45 bits per heavy atom. The van der Waals surface area contributed by atoms with Gasteiger partial charge in [0.25, 0.3) is 0 Å². The normalized spacial score (nSPS) is 12.1. The van der Waals surface area contributed by atoms with Gasteiger partial charge in [-0.3, -0.25) is 0 Å². The molecule has 71 heavy (non-hydrogen) atoms. The number of halogens is 1. The van der Waals surface area contributed by atoms with Gasteiger partial charge in [0.15, 0.2) is 0 Å². The maximum Gasteiger partial charge on any atom is 0.136 e. The van der Waals surface area contributed by atoms with Gasteiger partial charge in [-0.2, -0.15) is 0 Å². The molecule has 0 aliphatic heterocycles. The third-order valence-corrected chi connectivity index (χ3v) is 13.4. The zero-order valence-corrected chi connectivity index (χ0v) is 43.8. The van der Waals surface area contributed by atoms with Crippen LogP contribution in [0.25, 0.3) is 100 Å². The van der Waals surface area contributed by atoms with E-state index in [-0.39, 0.29) is 60.2 Å². The molecule has 10 rings (SSSR count). The largest absolute Gasteiger partial charge is 0.507 e. The Morgan fingerprint density at radius 2 is 0.859 bits per heavy atom. The first-order valence-electron chi connectivity index (χ1n) is 23.9. The van der Waals surface area contributed by atoms with E-state index in [1.165, 1.54) is 28.8 Å². The van der Waals surface area contributed by atoms with Gasteiger partial charge < -0.3 is 14.6 Å². The van der Waals surface area contributed by atoms with Crippen molar-refractivity contribution in [2.45, 2.75) is 78.6 Å². The van der Waals surface area contributed by atoms with Gasteiger partial charge in [0.1, 0.15) is 28.5 Å². The molecule has 5 nitrogen and oxygen atoms in total. The number of aromatic hydroxyl groups is 2. The summed E-state index contributed by atoms with van der Waals surface area (Å²) in [7, 11) is 0. The number of furan rings is 1.